The van der Waals surface area contributed by atoms with Crippen LogP contribution in [0.5, 0.6) is 0 Å². The number of rotatable bonds is 10. The molecule has 1 unspecified atom stereocenters. The molecule has 17 heavy (non-hydrogen) atoms. The number of ketones is 1. The molecule has 0 bridgehead atoms. The first-order chi connectivity index (χ1) is 7.91. The van der Waals surface area contributed by atoms with Crippen LogP contribution in [0.25, 0.3) is 0 Å². The predicted octanol–water partition coefficient (Wildman–Crippen LogP) is 1.29. The van der Waals surface area contributed by atoms with Crippen molar-refractivity contribution in [1.82, 2.24) is 0 Å². The van der Waals surface area contributed by atoms with Crippen molar-refractivity contribution in [2.45, 2.75) is 32.3 Å². The van der Waals surface area contributed by atoms with E-state index in [1.165, 1.54) is 13.2 Å². The highest BCUT2D eigenvalue weighted by Crippen LogP contribution is 2.06. The highest BCUT2D eigenvalue weighted by Gasteiger charge is 2.15. The number of hydrogen-bond acceptors (Lipinski definition) is 5. The van der Waals surface area contributed by atoms with Crippen LogP contribution in [0.15, 0.2) is 12.7 Å². The SMILES string of the molecule is C=CC(=O)CCCCS(=O)(=O)OC(C)COC. The molecule has 0 aromatic rings. The number of methoxy groups -OCH3 is 1. The smallest absolute Gasteiger partial charge is 0.267 e. The number of ether oxygens (including phenoxy) is 1. The predicted molar refractivity (Wildman–Crippen MR) is 65.3 cm³/mol. The lowest BCUT2D eigenvalue weighted by Crippen LogP contribution is -2.21. The Bertz CT molecular complexity index is 334. The monoisotopic (exact) mass is 264 g/mol. The van der Waals surface area contributed by atoms with Crippen molar-refractivity contribution in [3.63, 3.8) is 0 Å². The summed E-state index contributed by atoms with van der Waals surface area (Å²) in [6.07, 6.45) is 2.01. The summed E-state index contributed by atoms with van der Waals surface area (Å²) < 4.78 is 32.5. The van der Waals surface area contributed by atoms with Crippen LogP contribution in [-0.2, 0) is 23.8 Å². The van der Waals surface area contributed by atoms with Crippen LogP contribution in [0, 0.1) is 0 Å². The Labute approximate surface area is 103 Å². The van der Waals surface area contributed by atoms with Crippen molar-refractivity contribution in [3.8, 4) is 0 Å². The molecule has 0 rings (SSSR count). The van der Waals surface area contributed by atoms with Gasteiger partial charge in [0.2, 0.25) is 0 Å². The zero-order valence-electron chi connectivity index (χ0n) is 10.3. The quantitative estimate of drug-likeness (QED) is 0.338. The Hall–Kier alpha value is -0.720. The first-order valence-electron chi connectivity index (χ1n) is 5.46. The van der Waals surface area contributed by atoms with Crippen LogP contribution in [-0.4, -0.2) is 39.8 Å². The first-order valence-corrected chi connectivity index (χ1v) is 7.04. The molecular weight excluding hydrogens is 244 g/mol. The van der Waals surface area contributed by atoms with Gasteiger partial charge in [-0.05, 0) is 25.8 Å². The van der Waals surface area contributed by atoms with E-state index in [4.69, 9.17) is 8.92 Å². The fourth-order valence-electron chi connectivity index (χ4n) is 1.24. The molecule has 6 heteroatoms. The molecule has 0 saturated heterocycles. The Morgan fingerprint density at radius 1 is 1.41 bits per heavy atom. The Morgan fingerprint density at radius 3 is 2.59 bits per heavy atom. The molecule has 0 amide bonds. The average molecular weight is 264 g/mol. The molecule has 0 aliphatic rings. The van der Waals surface area contributed by atoms with Gasteiger partial charge in [-0.2, -0.15) is 8.42 Å². The molecule has 0 aromatic heterocycles. The van der Waals surface area contributed by atoms with Gasteiger partial charge in [0.05, 0.1) is 18.5 Å². The Kier molecular flexibility index (Phi) is 8.03. The van der Waals surface area contributed by atoms with E-state index in [9.17, 15) is 13.2 Å². The number of allylic oxidation sites excluding steroid dienone is 1. The normalized spacial score (nSPS) is 13.3. The van der Waals surface area contributed by atoms with Crippen LogP contribution in [0.1, 0.15) is 26.2 Å². The van der Waals surface area contributed by atoms with Gasteiger partial charge >= 0.3 is 0 Å². The minimum absolute atomic E-state index is 0.0731. The van der Waals surface area contributed by atoms with Gasteiger partial charge < -0.3 is 4.74 Å². The summed E-state index contributed by atoms with van der Waals surface area (Å²) in [5.41, 5.74) is 0. The van der Waals surface area contributed by atoms with Gasteiger partial charge in [0.25, 0.3) is 10.1 Å². The maximum absolute atomic E-state index is 11.4. The topological polar surface area (TPSA) is 69.7 Å². The summed E-state index contributed by atoms with van der Waals surface area (Å²) in [7, 11) is -2.05. The van der Waals surface area contributed by atoms with Crippen molar-refractivity contribution in [3.05, 3.63) is 12.7 Å². The van der Waals surface area contributed by atoms with E-state index in [2.05, 4.69) is 6.58 Å². The van der Waals surface area contributed by atoms with Gasteiger partial charge in [0.15, 0.2) is 5.78 Å². The van der Waals surface area contributed by atoms with Gasteiger partial charge in [-0.15, -0.1) is 0 Å². The first kappa shape index (κ1) is 16.3. The molecule has 0 saturated carbocycles. The molecule has 0 heterocycles. The lowest BCUT2D eigenvalue weighted by atomic mass is 10.2. The molecule has 0 aromatic carbocycles. The largest absolute Gasteiger partial charge is 0.382 e. The standard InChI is InChI=1S/C11H20O5S/c1-4-11(12)7-5-6-8-17(13,14)16-10(2)9-15-3/h4,10H,1,5-9H2,2-3H3. The second kappa shape index (κ2) is 8.38. The van der Waals surface area contributed by atoms with Gasteiger partial charge in [0, 0.05) is 13.5 Å². The van der Waals surface area contributed by atoms with E-state index >= 15 is 0 Å². The lowest BCUT2D eigenvalue weighted by Gasteiger charge is -2.11. The molecule has 1 atom stereocenters. The number of hydrogen-bond donors (Lipinski definition) is 0. The average Bonchev–Trinajstić information content (AvgIpc) is 2.23. The van der Waals surface area contributed by atoms with Crippen LogP contribution in [0.4, 0.5) is 0 Å². The van der Waals surface area contributed by atoms with Crippen molar-refractivity contribution < 1.29 is 22.1 Å². The highest BCUT2D eigenvalue weighted by atomic mass is 32.2. The van der Waals surface area contributed by atoms with Crippen LogP contribution in [0.3, 0.4) is 0 Å². The third-order valence-electron chi connectivity index (χ3n) is 2.01. The van der Waals surface area contributed by atoms with Crippen LogP contribution in [0.2, 0.25) is 0 Å². The molecule has 100 valence electrons. The third-order valence-corrected chi connectivity index (χ3v) is 3.42. The van der Waals surface area contributed by atoms with Gasteiger partial charge in [-0.1, -0.05) is 6.58 Å². The summed E-state index contributed by atoms with van der Waals surface area (Å²) in [6, 6.07) is 0. The fourth-order valence-corrected chi connectivity index (χ4v) is 2.45. The van der Waals surface area contributed by atoms with Gasteiger partial charge in [-0.3, -0.25) is 8.98 Å². The van der Waals surface area contributed by atoms with E-state index in [0.29, 0.717) is 19.3 Å². The number of unbranched alkanes of at least 4 members (excludes halogenated alkanes) is 1. The molecule has 0 spiro atoms. The minimum atomic E-state index is -3.52. The Morgan fingerprint density at radius 2 is 2.06 bits per heavy atom. The summed E-state index contributed by atoms with van der Waals surface area (Å²) >= 11 is 0. The van der Waals surface area contributed by atoms with Crippen molar-refractivity contribution in [2.24, 2.45) is 0 Å². The molecule has 0 aliphatic heterocycles. The number of carbonyl (C=O) groups excluding carboxylic acids is 1. The summed E-state index contributed by atoms with van der Waals surface area (Å²) in [4.78, 5) is 10.9. The molecule has 0 fully saturated rings. The van der Waals surface area contributed by atoms with E-state index in [0.717, 1.165) is 0 Å². The lowest BCUT2D eigenvalue weighted by molar-refractivity contribution is -0.114. The van der Waals surface area contributed by atoms with Gasteiger partial charge in [-0.25, -0.2) is 0 Å². The molecule has 0 N–H and O–H groups in total. The van der Waals surface area contributed by atoms with Crippen LogP contribution >= 0.6 is 0 Å². The molecule has 5 nitrogen and oxygen atoms in total. The van der Waals surface area contributed by atoms with E-state index in [-0.39, 0.29) is 18.1 Å². The van der Waals surface area contributed by atoms with Gasteiger partial charge in [0.1, 0.15) is 0 Å². The highest BCUT2D eigenvalue weighted by molar-refractivity contribution is 7.86. The summed E-state index contributed by atoms with van der Waals surface area (Å²) in [5.74, 6) is -0.151. The maximum atomic E-state index is 11.4. The van der Waals surface area contributed by atoms with E-state index < -0.39 is 16.2 Å². The maximum Gasteiger partial charge on any atom is 0.267 e. The van der Waals surface area contributed by atoms with Crippen molar-refractivity contribution in [2.75, 3.05) is 19.5 Å². The van der Waals surface area contributed by atoms with E-state index in [1.54, 1.807) is 6.92 Å². The van der Waals surface area contributed by atoms with E-state index in [1.807, 2.05) is 0 Å². The zero-order valence-corrected chi connectivity index (χ0v) is 11.2. The molecule has 0 aliphatic carbocycles. The molecular formula is C11H20O5S. The van der Waals surface area contributed by atoms with Crippen LogP contribution < -0.4 is 0 Å². The van der Waals surface area contributed by atoms with Crippen molar-refractivity contribution in [1.29, 1.82) is 0 Å². The molecule has 0 radical (unpaired) electrons. The number of carbonyl (C=O) groups is 1. The second-order valence-electron chi connectivity index (χ2n) is 3.75. The fraction of sp³-hybridized carbons (Fsp3) is 0.727. The Balaban J connectivity index is 3.86. The second-order valence-corrected chi connectivity index (χ2v) is 5.47. The minimum Gasteiger partial charge on any atom is -0.382 e. The summed E-state index contributed by atoms with van der Waals surface area (Å²) in [6.45, 7) is 5.20. The zero-order chi connectivity index (χ0) is 13.3. The van der Waals surface area contributed by atoms with Crippen molar-refractivity contribution >= 4 is 15.9 Å². The summed E-state index contributed by atoms with van der Waals surface area (Å²) in [5, 5.41) is 0. The third kappa shape index (κ3) is 9.02.